The van der Waals surface area contributed by atoms with Crippen molar-refractivity contribution < 1.29 is 10.2 Å². The molecule has 1 fully saturated rings. The molecule has 82 valence electrons. The second-order valence-electron chi connectivity index (χ2n) is 4.23. The standard InChI is InChI=1S/C12H15BrO2/c13-9-5-4-6-10(14)11(9)12(15)7-2-1-3-8-12/h4-6,14-15H,1-3,7-8H2. The molecule has 0 unspecified atom stereocenters. The first-order valence-electron chi connectivity index (χ1n) is 5.34. The van der Waals surface area contributed by atoms with E-state index < -0.39 is 5.60 Å². The Morgan fingerprint density at radius 3 is 2.40 bits per heavy atom. The summed E-state index contributed by atoms with van der Waals surface area (Å²) in [4.78, 5) is 0. The van der Waals surface area contributed by atoms with Gasteiger partial charge in [0, 0.05) is 10.0 Å². The van der Waals surface area contributed by atoms with Gasteiger partial charge in [-0.2, -0.15) is 0 Å². The molecule has 0 saturated heterocycles. The fourth-order valence-electron chi connectivity index (χ4n) is 2.36. The predicted octanol–water partition coefficient (Wildman–Crippen LogP) is 3.31. The summed E-state index contributed by atoms with van der Waals surface area (Å²) < 4.78 is 0.798. The van der Waals surface area contributed by atoms with Crippen LogP contribution < -0.4 is 0 Å². The molecule has 3 heteroatoms. The lowest BCUT2D eigenvalue weighted by Gasteiger charge is -2.33. The number of hydrogen-bond donors (Lipinski definition) is 2. The number of phenolic OH excluding ortho intramolecular Hbond substituents is 1. The van der Waals surface area contributed by atoms with Crippen LogP contribution in [0.3, 0.4) is 0 Å². The van der Waals surface area contributed by atoms with Gasteiger partial charge in [0.15, 0.2) is 0 Å². The Kier molecular flexibility index (Phi) is 3.03. The topological polar surface area (TPSA) is 40.5 Å². The van der Waals surface area contributed by atoms with Gasteiger partial charge in [-0.15, -0.1) is 0 Å². The second kappa shape index (κ2) is 4.14. The van der Waals surface area contributed by atoms with Crippen LogP contribution in [0.2, 0.25) is 0 Å². The fourth-order valence-corrected chi connectivity index (χ4v) is 3.08. The largest absolute Gasteiger partial charge is 0.508 e. The van der Waals surface area contributed by atoms with Gasteiger partial charge in [0.25, 0.3) is 0 Å². The van der Waals surface area contributed by atoms with Gasteiger partial charge in [-0.1, -0.05) is 41.3 Å². The molecule has 1 saturated carbocycles. The molecule has 0 heterocycles. The highest BCUT2D eigenvalue weighted by atomic mass is 79.9. The van der Waals surface area contributed by atoms with E-state index >= 15 is 0 Å². The van der Waals surface area contributed by atoms with E-state index in [4.69, 9.17) is 0 Å². The predicted molar refractivity (Wildman–Crippen MR) is 62.8 cm³/mol. The van der Waals surface area contributed by atoms with Crippen LogP contribution in [0.25, 0.3) is 0 Å². The molecule has 1 aromatic carbocycles. The summed E-state index contributed by atoms with van der Waals surface area (Å²) in [5, 5.41) is 20.3. The van der Waals surface area contributed by atoms with Crippen molar-refractivity contribution in [1.82, 2.24) is 0 Å². The average molecular weight is 271 g/mol. The molecule has 0 aromatic heterocycles. The van der Waals surface area contributed by atoms with Crippen LogP contribution in [0.15, 0.2) is 22.7 Å². The first kappa shape index (κ1) is 11.0. The summed E-state index contributed by atoms with van der Waals surface area (Å²) in [6.45, 7) is 0. The Labute approximate surface area is 98.1 Å². The third kappa shape index (κ3) is 2.04. The van der Waals surface area contributed by atoms with Crippen LogP contribution in [0, 0.1) is 0 Å². The molecular weight excluding hydrogens is 256 g/mol. The van der Waals surface area contributed by atoms with E-state index in [1.807, 2.05) is 6.07 Å². The molecule has 0 atom stereocenters. The molecule has 2 nitrogen and oxygen atoms in total. The third-order valence-corrected chi connectivity index (χ3v) is 3.80. The molecular formula is C12H15BrO2. The molecule has 1 aromatic rings. The fraction of sp³-hybridized carbons (Fsp3) is 0.500. The molecule has 1 aliphatic carbocycles. The van der Waals surface area contributed by atoms with Gasteiger partial charge < -0.3 is 10.2 Å². The molecule has 15 heavy (non-hydrogen) atoms. The van der Waals surface area contributed by atoms with E-state index in [1.54, 1.807) is 12.1 Å². The Balaban J connectivity index is 2.42. The number of halogens is 1. The number of aromatic hydroxyl groups is 1. The molecule has 1 aliphatic rings. The van der Waals surface area contributed by atoms with Crippen LogP contribution in [-0.2, 0) is 5.60 Å². The maximum atomic E-state index is 10.5. The molecule has 2 rings (SSSR count). The Morgan fingerprint density at radius 2 is 1.80 bits per heavy atom. The van der Waals surface area contributed by atoms with E-state index in [1.165, 1.54) is 6.42 Å². The first-order valence-corrected chi connectivity index (χ1v) is 6.13. The lowest BCUT2D eigenvalue weighted by atomic mass is 9.79. The van der Waals surface area contributed by atoms with Gasteiger partial charge in [-0.05, 0) is 25.0 Å². The summed E-state index contributed by atoms with van der Waals surface area (Å²) in [6.07, 6.45) is 4.70. The van der Waals surface area contributed by atoms with Crippen molar-refractivity contribution >= 4 is 15.9 Å². The molecule has 0 aliphatic heterocycles. The van der Waals surface area contributed by atoms with Crippen LogP contribution >= 0.6 is 15.9 Å². The minimum absolute atomic E-state index is 0.189. The maximum Gasteiger partial charge on any atom is 0.122 e. The zero-order valence-corrected chi connectivity index (χ0v) is 10.1. The molecule has 0 amide bonds. The summed E-state index contributed by atoms with van der Waals surface area (Å²) in [5.41, 5.74) is -0.188. The Hall–Kier alpha value is -0.540. The smallest absolute Gasteiger partial charge is 0.122 e. The van der Waals surface area contributed by atoms with Crippen molar-refractivity contribution in [2.45, 2.75) is 37.7 Å². The van der Waals surface area contributed by atoms with E-state index in [0.717, 1.165) is 30.2 Å². The monoisotopic (exact) mass is 270 g/mol. The summed E-state index contributed by atoms with van der Waals surface area (Å²) in [6, 6.07) is 5.27. The molecule has 2 N–H and O–H groups in total. The Bertz CT molecular complexity index is 336. The molecule has 0 spiro atoms. The lowest BCUT2D eigenvalue weighted by molar-refractivity contribution is -0.00319. The second-order valence-corrected chi connectivity index (χ2v) is 5.08. The zero-order valence-electron chi connectivity index (χ0n) is 8.54. The number of rotatable bonds is 1. The Morgan fingerprint density at radius 1 is 1.13 bits per heavy atom. The van der Waals surface area contributed by atoms with Crippen molar-refractivity contribution in [3.05, 3.63) is 28.2 Å². The van der Waals surface area contributed by atoms with Gasteiger partial charge in [-0.25, -0.2) is 0 Å². The minimum Gasteiger partial charge on any atom is -0.508 e. The van der Waals surface area contributed by atoms with Gasteiger partial charge in [-0.3, -0.25) is 0 Å². The minimum atomic E-state index is -0.845. The lowest BCUT2D eigenvalue weighted by Crippen LogP contribution is -2.28. The van der Waals surface area contributed by atoms with Crippen molar-refractivity contribution in [1.29, 1.82) is 0 Å². The van der Waals surface area contributed by atoms with E-state index in [2.05, 4.69) is 15.9 Å². The summed E-state index contributed by atoms with van der Waals surface area (Å²) in [5.74, 6) is 0.189. The van der Waals surface area contributed by atoms with Crippen LogP contribution in [0.1, 0.15) is 37.7 Å². The van der Waals surface area contributed by atoms with Crippen molar-refractivity contribution in [3.63, 3.8) is 0 Å². The van der Waals surface area contributed by atoms with Crippen LogP contribution in [-0.4, -0.2) is 10.2 Å². The average Bonchev–Trinajstić information content (AvgIpc) is 2.18. The zero-order chi connectivity index (χ0) is 10.9. The van der Waals surface area contributed by atoms with Crippen LogP contribution in [0.4, 0.5) is 0 Å². The number of hydrogen-bond acceptors (Lipinski definition) is 2. The van der Waals surface area contributed by atoms with Crippen molar-refractivity contribution in [2.75, 3.05) is 0 Å². The first-order chi connectivity index (χ1) is 7.13. The van der Waals surface area contributed by atoms with E-state index in [9.17, 15) is 10.2 Å². The normalized spacial score (nSPS) is 20.1. The third-order valence-electron chi connectivity index (χ3n) is 3.14. The van der Waals surface area contributed by atoms with Crippen molar-refractivity contribution in [3.8, 4) is 5.75 Å². The van der Waals surface area contributed by atoms with E-state index in [0.29, 0.717) is 5.56 Å². The van der Waals surface area contributed by atoms with Gasteiger partial charge in [0.05, 0.1) is 5.60 Å². The van der Waals surface area contributed by atoms with Gasteiger partial charge >= 0.3 is 0 Å². The SMILES string of the molecule is Oc1cccc(Br)c1C1(O)CCCCC1. The molecule has 0 bridgehead atoms. The summed E-state index contributed by atoms with van der Waals surface area (Å²) >= 11 is 3.40. The highest BCUT2D eigenvalue weighted by molar-refractivity contribution is 9.10. The highest BCUT2D eigenvalue weighted by Gasteiger charge is 2.34. The summed E-state index contributed by atoms with van der Waals surface area (Å²) in [7, 11) is 0. The van der Waals surface area contributed by atoms with Crippen LogP contribution in [0.5, 0.6) is 5.75 Å². The number of benzene rings is 1. The highest BCUT2D eigenvalue weighted by Crippen LogP contribution is 2.43. The van der Waals surface area contributed by atoms with Crippen molar-refractivity contribution in [2.24, 2.45) is 0 Å². The van der Waals surface area contributed by atoms with Gasteiger partial charge in [0.1, 0.15) is 5.75 Å². The number of aliphatic hydroxyl groups is 1. The quantitative estimate of drug-likeness (QED) is 0.822. The van der Waals surface area contributed by atoms with E-state index in [-0.39, 0.29) is 5.75 Å². The maximum absolute atomic E-state index is 10.5. The number of phenols is 1. The molecule has 0 radical (unpaired) electrons. The van der Waals surface area contributed by atoms with Gasteiger partial charge in [0.2, 0.25) is 0 Å².